The molecule has 3 N–H and O–H groups in total. The Morgan fingerprint density at radius 3 is 2.97 bits per heavy atom. The topological polar surface area (TPSA) is 101 Å². The van der Waals surface area contributed by atoms with Crippen molar-refractivity contribution >= 4 is 61.6 Å². The fourth-order valence-corrected chi connectivity index (χ4v) is 4.05. The second kappa shape index (κ2) is 9.04. The maximum absolute atomic E-state index is 13.8. The summed E-state index contributed by atoms with van der Waals surface area (Å²) in [6, 6.07) is 8.92. The number of anilines is 3. The first-order valence-corrected chi connectivity index (χ1v) is 10.7. The van der Waals surface area contributed by atoms with E-state index in [1.807, 2.05) is 6.07 Å². The number of aromatic nitrogens is 1. The van der Waals surface area contributed by atoms with Gasteiger partial charge in [0, 0.05) is 31.0 Å². The lowest BCUT2D eigenvalue weighted by molar-refractivity contribution is -0.142. The maximum Gasteiger partial charge on any atom is 0.326 e. The maximum atomic E-state index is 13.8. The average Bonchev–Trinajstić information content (AvgIpc) is 3.11. The van der Waals surface area contributed by atoms with Crippen molar-refractivity contribution in [3.8, 4) is 0 Å². The third-order valence-corrected chi connectivity index (χ3v) is 5.96. The predicted molar refractivity (Wildman–Crippen MR) is 119 cm³/mol. The molecular weight excluding hydrogens is 445 g/mol. The fraction of sp³-hybridized carbons (Fsp3) is 0.250. The third-order valence-electron chi connectivity index (χ3n) is 4.79. The van der Waals surface area contributed by atoms with E-state index in [1.54, 1.807) is 17.0 Å². The number of hydrogen-bond donors (Lipinski definition) is 2. The molecule has 11 heteroatoms. The first-order valence-electron chi connectivity index (χ1n) is 9.46. The van der Waals surface area contributed by atoms with Gasteiger partial charge < -0.3 is 20.7 Å². The van der Waals surface area contributed by atoms with Gasteiger partial charge in [-0.25, -0.2) is 14.2 Å². The molecule has 1 fully saturated rings. The molecule has 2 aromatic carbocycles. The molecule has 2 heterocycles. The van der Waals surface area contributed by atoms with Gasteiger partial charge in [0.25, 0.3) is 0 Å². The second-order valence-corrected chi connectivity index (χ2v) is 8.32. The van der Waals surface area contributed by atoms with Crippen LogP contribution in [0.3, 0.4) is 0 Å². The van der Waals surface area contributed by atoms with E-state index < -0.39 is 11.8 Å². The van der Waals surface area contributed by atoms with Gasteiger partial charge >= 0.3 is 6.03 Å². The van der Waals surface area contributed by atoms with Crippen LogP contribution in [0.2, 0.25) is 5.02 Å². The van der Waals surface area contributed by atoms with Gasteiger partial charge in [0.2, 0.25) is 5.91 Å². The number of nitrogens with two attached hydrogens (primary N) is 1. The zero-order valence-electron chi connectivity index (χ0n) is 16.3. The van der Waals surface area contributed by atoms with Gasteiger partial charge in [-0.2, -0.15) is 0 Å². The Morgan fingerprint density at radius 2 is 2.19 bits per heavy atom. The smallest absolute Gasteiger partial charge is 0.326 e. The molecule has 0 bridgehead atoms. The van der Waals surface area contributed by atoms with Gasteiger partial charge in [-0.05, 0) is 36.4 Å². The molecule has 0 atom stereocenters. The Labute approximate surface area is 186 Å². The van der Waals surface area contributed by atoms with Crippen LogP contribution in [0.1, 0.15) is 0 Å². The fourth-order valence-electron chi connectivity index (χ4n) is 3.22. The molecule has 1 aromatic heterocycles. The highest BCUT2D eigenvalue weighted by molar-refractivity contribution is 7.22. The van der Waals surface area contributed by atoms with Gasteiger partial charge in [0.15, 0.2) is 5.13 Å². The van der Waals surface area contributed by atoms with Gasteiger partial charge in [0.05, 0.1) is 21.8 Å². The largest absolute Gasteiger partial charge is 0.375 e. The number of benzene rings is 2. The molecule has 0 spiro atoms. The van der Waals surface area contributed by atoms with Crippen LogP contribution in [-0.4, -0.2) is 54.7 Å². The number of amides is 3. The normalized spacial score (nSPS) is 14.1. The van der Waals surface area contributed by atoms with Crippen LogP contribution in [-0.2, 0) is 9.53 Å². The Bertz CT molecular complexity index is 1140. The molecule has 3 amide bonds. The molecule has 1 aliphatic heterocycles. The number of halogens is 2. The minimum absolute atomic E-state index is 0.0281. The lowest BCUT2D eigenvalue weighted by Gasteiger charge is -2.30. The van der Waals surface area contributed by atoms with E-state index in [4.69, 9.17) is 22.1 Å². The van der Waals surface area contributed by atoms with E-state index in [-0.39, 0.29) is 29.8 Å². The number of nitrogen functional groups attached to an aromatic ring is 1. The zero-order valence-corrected chi connectivity index (χ0v) is 17.9. The number of thiazole rings is 1. The quantitative estimate of drug-likeness (QED) is 0.602. The van der Waals surface area contributed by atoms with Crippen molar-refractivity contribution in [3.05, 3.63) is 47.2 Å². The van der Waals surface area contributed by atoms with E-state index in [1.165, 1.54) is 28.4 Å². The van der Waals surface area contributed by atoms with Crippen molar-refractivity contribution in [3.63, 3.8) is 0 Å². The van der Waals surface area contributed by atoms with Gasteiger partial charge in [-0.1, -0.05) is 22.9 Å². The zero-order chi connectivity index (χ0) is 22.0. The van der Waals surface area contributed by atoms with Gasteiger partial charge in [-0.3, -0.25) is 9.69 Å². The molecule has 31 heavy (non-hydrogen) atoms. The number of morpholine rings is 1. The minimum atomic E-state index is -0.635. The molecule has 1 aliphatic rings. The molecule has 162 valence electrons. The SMILES string of the molecule is Nc1nc2cc(N(CCN3CCOCC3=O)C(=O)Nc3ccc(Cl)c(F)c3)ccc2s1. The van der Waals surface area contributed by atoms with Crippen molar-refractivity contribution in [2.24, 2.45) is 0 Å². The Kier molecular flexibility index (Phi) is 6.21. The molecule has 0 aliphatic carbocycles. The number of rotatable bonds is 5. The molecule has 0 saturated carbocycles. The summed E-state index contributed by atoms with van der Waals surface area (Å²) in [5.74, 6) is -0.765. The first kappa shape index (κ1) is 21.3. The number of urea groups is 1. The Balaban J connectivity index is 1.59. The summed E-state index contributed by atoms with van der Waals surface area (Å²) in [5.41, 5.74) is 7.29. The van der Waals surface area contributed by atoms with Crippen LogP contribution >= 0.6 is 22.9 Å². The summed E-state index contributed by atoms with van der Waals surface area (Å²) < 4.78 is 19.8. The van der Waals surface area contributed by atoms with Crippen LogP contribution in [0, 0.1) is 5.82 Å². The first-order chi connectivity index (χ1) is 14.9. The highest BCUT2D eigenvalue weighted by Crippen LogP contribution is 2.28. The monoisotopic (exact) mass is 463 g/mol. The van der Waals surface area contributed by atoms with E-state index >= 15 is 0 Å². The molecule has 1 saturated heterocycles. The van der Waals surface area contributed by atoms with Gasteiger partial charge in [-0.15, -0.1) is 0 Å². The standard InChI is InChI=1S/C20H19ClFN5O3S/c21-14-3-1-12(9-15(14)22)24-20(29)27(6-5-26-7-8-30-11-18(26)28)13-2-4-17-16(10-13)25-19(23)31-17/h1-4,9-10H,5-8,11H2,(H2,23,25)(H,24,29). The summed E-state index contributed by atoms with van der Waals surface area (Å²) in [7, 11) is 0. The van der Waals surface area contributed by atoms with E-state index in [0.29, 0.717) is 36.0 Å². The number of fused-ring (bicyclic) bond motifs is 1. The number of nitrogens with zero attached hydrogens (tertiary/aromatic N) is 3. The summed E-state index contributed by atoms with van der Waals surface area (Å²) in [5, 5.41) is 3.07. The van der Waals surface area contributed by atoms with E-state index in [0.717, 1.165) is 10.8 Å². The van der Waals surface area contributed by atoms with Crippen LogP contribution in [0.25, 0.3) is 10.2 Å². The minimum Gasteiger partial charge on any atom is -0.375 e. The van der Waals surface area contributed by atoms with E-state index in [2.05, 4.69) is 10.3 Å². The van der Waals surface area contributed by atoms with Crippen LogP contribution in [0.4, 0.5) is 25.7 Å². The molecule has 8 nitrogen and oxygen atoms in total. The second-order valence-electron chi connectivity index (χ2n) is 6.85. The summed E-state index contributed by atoms with van der Waals surface area (Å²) in [4.78, 5) is 32.5. The highest BCUT2D eigenvalue weighted by Gasteiger charge is 2.23. The molecule has 0 unspecified atom stereocenters. The lowest BCUT2D eigenvalue weighted by Crippen LogP contribution is -2.47. The molecular formula is C20H19ClFN5O3S. The average molecular weight is 464 g/mol. The van der Waals surface area contributed by atoms with Crippen LogP contribution < -0.4 is 16.0 Å². The number of nitrogens with one attached hydrogen (secondary N) is 1. The number of carbonyl (C=O) groups is 2. The Hall–Kier alpha value is -2.95. The molecule has 0 radical (unpaired) electrons. The number of carbonyl (C=O) groups excluding carboxylic acids is 2. The van der Waals surface area contributed by atoms with Crippen molar-refractivity contribution in [1.29, 1.82) is 0 Å². The Morgan fingerprint density at radius 1 is 1.35 bits per heavy atom. The van der Waals surface area contributed by atoms with Crippen LogP contribution in [0.15, 0.2) is 36.4 Å². The van der Waals surface area contributed by atoms with Crippen molar-refractivity contribution in [2.75, 3.05) is 48.8 Å². The molecule has 4 rings (SSSR count). The lowest BCUT2D eigenvalue weighted by atomic mass is 10.2. The van der Waals surface area contributed by atoms with Crippen molar-refractivity contribution in [2.45, 2.75) is 0 Å². The van der Waals surface area contributed by atoms with Crippen molar-refractivity contribution in [1.82, 2.24) is 9.88 Å². The number of ether oxygens (including phenoxy) is 1. The third kappa shape index (κ3) is 4.87. The summed E-state index contributed by atoms with van der Waals surface area (Å²) in [6.45, 7) is 1.48. The number of hydrogen-bond acceptors (Lipinski definition) is 6. The summed E-state index contributed by atoms with van der Waals surface area (Å²) >= 11 is 7.07. The van der Waals surface area contributed by atoms with Gasteiger partial charge in [0.1, 0.15) is 12.4 Å². The van der Waals surface area contributed by atoms with E-state index in [9.17, 15) is 14.0 Å². The predicted octanol–water partition coefficient (Wildman–Crippen LogP) is 3.57. The summed E-state index contributed by atoms with van der Waals surface area (Å²) in [6.07, 6.45) is 0. The van der Waals surface area contributed by atoms with Crippen LogP contribution in [0.5, 0.6) is 0 Å². The van der Waals surface area contributed by atoms with Crippen molar-refractivity contribution < 1.29 is 18.7 Å². The highest BCUT2D eigenvalue weighted by atomic mass is 35.5. The molecule has 3 aromatic rings.